The van der Waals surface area contributed by atoms with Crippen LogP contribution in [0.5, 0.6) is 5.75 Å². The molecule has 0 unspecified atom stereocenters. The van der Waals surface area contributed by atoms with Crippen LogP contribution in [-0.4, -0.2) is 25.1 Å². The standard InChI is InChI=1S/C22H20N4O3.ClH/c1-29-18-12-10-17(11-13-18)22(28)26-20-5-3-2-4-19(20)25-21(27)16-8-6-15(7-9-16)14-24-23;/h2-14H,23H2,1H3,(H,25,27)(H,26,28);1H. The van der Waals surface area contributed by atoms with Gasteiger partial charge in [-0.15, -0.1) is 12.4 Å². The SMILES string of the molecule is COc1ccc(C(=O)Nc2ccccc2NC(=O)c2ccc(C=NN)cc2)cc1.Cl. The molecular weight excluding hydrogens is 404 g/mol. The maximum absolute atomic E-state index is 12.6. The molecule has 0 atom stereocenters. The van der Waals surface area contributed by atoms with Gasteiger partial charge in [0.2, 0.25) is 0 Å². The number of hydrogen-bond acceptors (Lipinski definition) is 5. The summed E-state index contributed by atoms with van der Waals surface area (Å²) in [6, 6.07) is 20.6. The van der Waals surface area contributed by atoms with Crippen LogP contribution in [0.15, 0.2) is 77.9 Å². The van der Waals surface area contributed by atoms with Crippen LogP contribution in [-0.2, 0) is 0 Å². The average molecular weight is 425 g/mol. The van der Waals surface area contributed by atoms with Crippen molar-refractivity contribution in [1.82, 2.24) is 0 Å². The van der Waals surface area contributed by atoms with E-state index in [0.29, 0.717) is 28.3 Å². The van der Waals surface area contributed by atoms with Crippen LogP contribution >= 0.6 is 12.4 Å². The van der Waals surface area contributed by atoms with E-state index in [1.165, 1.54) is 6.21 Å². The van der Waals surface area contributed by atoms with Crippen molar-refractivity contribution in [3.8, 4) is 5.75 Å². The van der Waals surface area contributed by atoms with Crippen LogP contribution < -0.4 is 21.2 Å². The fraction of sp³-hybridized carbons (Fsp3) is 0.0455. The molecule has 0 aliphatic carbocycles. The second-order valence-corrected chi connectivity index (χ2v) is 6.08. The van der Waals surface area contributed by atoms with Gasteiger partial charge in [0.1, 0.15) is 5.75 Å². The molecule has 30 heavy (non-hydrogen) atoms. The summed E-state index contributed by atoms with van der Waals surface area (Å²) in [5.74, 6) is 5.20. The minimum absolute atomic E-state index is 0. The van der Waals surface area contributed by atoms with E-state index in [2.05, 4.69) is 15.7 Å². The highest BCUT2D eigenvalue weighted by Gasteiger charge is 2.12. The molecule has 0 saturated carbocycles. The fourth-order valence-electron chi connectivity index (χ4n) is 2.64. The van der Waals surface area contributed by atoms with Gasteiger partial charge in [0.25, 0.3) is 11.8 Å². The first-order chi connectivity index (χ1) is 14.1. The Morgan fingerprint density at radius 3 is 1.73 bits per heavy atom. The second kappa shape index (κ2) is 10.6. The molecule has 2 amide bonds. The van der Waals surface area contributed by atoms with Crippen molar-refractivity contribution in [3.63, 3.8) is 0 Å². The van der Waals surface area contributed by atoms with Crippen molar-refractivity contribution < 1.29 is 14.3 Å². The lowest BCUT2D eigenvalue weighted by atomic mass is 10.1. The number of carbonyl (C=O) groups is 2. The topological polar surface area (TPSA) is 106 Å². The van der Waals surface area contributed by atoms with Crippen LogP contribution in [0.3, 0.4) is 0 Å². The molecule has 7 nitrogen and oxygen atoms in total. The number of hydrogen-bond donors (Lipinski definition) is 3. The summed E-state index contributed by atoms with van der Waals surface area (Å²) >= 11 is 0. The first-order valence-electron chi connectivity index (χ1n) is 8.80. The molecule has 8 heteroatoms. The van der Waals surface area contributed by atoms with Gasteiger partial charge in [-0.2, -0.15) is 5.10 Å². The van der Waals surface area contributed by atoms with E-state index >= 15 is 0 Å². The predicted octanol–water partition coefficient (Wildman–Crippen LogP) is 3.91. The van der Waals surface area contributed by atoms with Crippen LogP contribution in [0.1, 0.15) is 26.3 Å². The lowest BCUT2D eigenvalue weighted by Crippen LogP contribution is -2.16. The molecule has 3 rings (SSSR count). The van der Waals surface area contributed by atoms with Gasteiger partial charge in [-0.05, 0) is 54.1 Å². The lowest BCUT2D eigenvalue weighted by Gasteiger charge is -2.12. The van der Waals surface area contributed by atoms with Gasteiger partial charge in [0.05, 0.1) is 24.7 Å². The number of carbonyl (C=O) groups excluding carboxylic acids is 2. The van der Waals surface area contributed by atoms with Crippen LogP contribution in [0.4, 0.5) is 11.4 Å². The average Bonchev–Trinajstić information content (AvgIpc) is 2.76. The number of nitrogens with zero attached hydrogens (tertiary/aromatic N) is 1. The summed E-state index contributed by atoms with van der Waals surface area (Å²) < 4.78 is 5.10. The number of rotatable bonds is 6. The van der Waals surface area contributed by atoms with Crippen molar-refractivity contribution in [3.05, 3.63) is 89.5 Å². The monoisotopic (exact) mass is 424 g/mol. The smallest absolute Gasteiger partial charge is 0.255 e. The Morgan fingerprint density at radius 2 is 1.30 bits per heavy atom. The number of halogens is 1. The van der Waals surface area contributed by atoms with Crippen LogP contribution in [0.2, 0.25) is 0 Å². The molecule has 0 aliphatic heterocycles. The Balaban J connectivity index is 0.00000320. The van der Waals surface area contributed by atoms with Gasteiger partial charge in [-0.3, -0.25) is 9.59 Å². The quantitative estimate of drug-likeness (QED) is 0.317. The van der Waals surface area contributed by atoms with E-state index < -0.39 is 0 Å². The highest BCUT2D eigenvalue weighted by atomic mass is 35.5. The van der Waals surface area contributed by atoms with Crippen LogP contribution in [0, 0.1) is 0 Å². The Labute approximate surface area is 180 Å². The van der Waals surface area contributed by atoms with Crippen molar-refractivity contribution in [1.29, 1.82) is 0 Å². The van der Waals surface area contributed by atoms with Gasteiger partial charge in [-0.1, -0.05) is 24.3 Å². The number of ether oxygens (including phenoxy) is 1. The normalized spacial score (nSPS) is 10.2. The predicted molar refractivity (Wildman–Crippen MR) is 121 cm³/mol. The lowest BCUT2D eigenvalue weighted by molar-refractivity contribution is 0.101. The zero-order valence-corrected chi connectivity index (χ0v) is 17.0. The Morgan fingerprint density at radius 1 is 0.833 bits per heavy atom. The second-order valence-electron chi connectivity index (χ2n) is 6.08. The third-order valence-electron chi connectivity index (χ3n) is 4.17. The highest BCUT2D eigenvalue weighted by Crippen LogP contribution is 2.23. The number of benzene rings is 3. The molecule has 0 saturated heterocycles. The largest absolute Gasteiger partial charge is 0.497 e. The van der Waals surface area contributed by atoms with Crippen molar-refractivity contribution in [2.24, 2.45) is 10.9 Å². The van der Waals surface area contributed by atoms with E-state index in [1.807, 2.05) is 0 Å². The maximum Gasteiger partial charge on any atom is 0.255 e. The number of anilines is 2. The summed E-state index contributed by atoms with van der Waals surface area (Å²) in [7, 11) is 1.56. The first kappa shape index (κ1) is 22.4. The van der Waals surface area contributed by atoms with Gasteiger partial charge in [-0.25, -0.2) is 0 Å². The summed E-state index contributed by atoms with van der Waals surface area (Å²) in [4.78, 5) is 25.1. The van der Waals surface area contributed by atoms with E-state index in [4.69, 9.17) is 10.6 Å². The molecular formula is C22H21ClN4O3. The molecule has 0 fully saturated rings. The maximum atomic E-state index is 12.6. The van der Waals surface area contributed by atoms with E-state index in [1.54, 1.807) is 79.9 Å². The highest BCUT2D eigenvalue weighted by molar-refractivity contribution is 6.10. The number of amides is 2. The van der Waals surface area contributed by atoms with E-state index in [9.17, 15) is 9.59 Å². The Kier molecular flexibility index (Phi) is 7.96. The van der Waals surface area contributed by atoms with Gasteiger partial charge < -0.3 is 21.2 Å². The number of para-hydroxylation sites is 2. The van der Waals surface area contributed by atoms with E-state index in [-0.39, 0.29) is 24.2 Å². The van der Waals surface area contributed by atoms with Gasteiger partial charge >= 0.3 is 0 Å². The molecule has 0 bridgehead atoms. The van der Waals surface area contributed by atoms with Crippen molar-refractivity contribution in [2.75, 3.05) is 17.7 Å². The summed E-state index contributed by atoms with van der Waals surface area (Å²) in [6.07, 6.45) is 1.49. The Bertz CT molecular complexity index is 1040. The molecule has 3 aromatic carbocycles. The summed E-state index contributed by atoms with van der Waals surface area (Å²) in [6.45, 7) is 0. The fourth-order valence-corrected chi connectivity index (χ4v) is 2.64. The van der Waals surface area contributed by atoms with Crippen LogP contribution in [0.25, 0.3) is 0 Å². The molecule has 0 heterocycles. The van der Waals surface area contributed by atoms with Crippen molar-refractivity contribution >= 4 is 41.8 Å². The first-order valence-corrected chi connectivity index (χ1v) is 8.80. The van der Waals surface area contributed by atoms with Crippen molar-refractivity contribution in [2.45, 2.75) is 0 Å². The molecule has 0 aromatic heterocycles. The zero-order chi connectivity index (χ0) is 20.6. The summed E-state index contributed by atoms with van der Waals surface area (Å²) in [5, 5.41) is 9.09. The molecule has 0 spiro atoms. The number of nitrogens with two attached hydrogens (primary N) is 1. The number of nitrogens with one attached hydrogen (secondary N) is 2. The molecule has 0 aliphatic rings. The minimum Gasteiger partial charge on any atom is -0.497 e. The molecule has 154 valence electrons. The summed E-state index contributed by atoms with van der Waals surface area (Å²) in [5.41, 5.74) is 2.72. The zero-order valence-electron chi connectivity index (χ0n) is 16.2. The van der Waals surface area contributed by atoms with Gasteiger partial charge in [0.15, 0.2) is 0 Å². The molecule has 4 N–H and O–H groups in total. The Hall–Kier alpha value is -3.84. The number of hydrazone groups is 1. The molecule has 0 radical (unpaired) electrons. The van der Waals surface area contributed by atoms with E-state index in [0.717, 1.165) is 5.56 Å². The minimum atomic E-state index is -0.299. The number of methoxy groups -OCH3 is 1. The third-order valence-corrected chi connectivity index (χ3v) is 4.17. The van der Waals surface area contributed by atoms with Gasteiger partial charge in [0, 0.05) is 11.1 Å². The molecule has 3 aromatic rings. The third kappa shape index (κ3) is 5.59.